The Morgan fingerprint density at radius 1 is 1.65 bits per heavy atom. The molecule has 1 heterocycles. The molecule has 92 valence electrons. The second-order valence-corrected chi connectivity index (χ2v) is 3.55. The second-order valence-electron chi connectivity index (χ2n) is 3.55. The quantitative estimate of drug-likeness (QED) is 0.208. The van der Waals surface area contributed by atoms with Crippen LogP contribution in [0.2, 0.25) is 0 Å². The summed E-state index contributed by atoms with van der Waals surface area (Å²) in [5.74, 6) is 3.75. The number of rotatable bonds is 5. The van der Waals surface area contributed by atoms with E-state index in [2.05, 4.69) is 24.0 Å². The summed E-state index contributed by atoms with van der Waals surface area (Å²) in [7, 11) is 1.61. The zero-order chi connectivity index (χ0) is 12.5. The zero-order valence-electron chi connectivity index (χ0n) is 10.3. The Morgan fingerprint density at radius 2 is 2.47 bits per heavy atom. The van der Waals surface area contributed by atoms with Gasteiger partial charge in [-0.3, -0.25) is 0 Å². The van der Waals surface area contributed by atoms with E-state index in [0.29, 0.717) is 12.6 Å². The molecule has 0 aromatic carbocycles. The van der Waals surface area contributed by atoms with Gasteiger partial charge >= 0.3 is 5.82 Å². The molecule has 0 saturated carbocycles. The summed E-state index contributed by atoms with van der Waals surface area (Å²) in [5.41, 5.74) is 0. The number of imidazole rings is 1. The summed E-state index contributed by atoms with van der Waals surface area (Å²) in [4.78, 5) is 0. The van der Waals surface area contributed by atoms with Crippen LogP contribution in [0.4, 0.5) is 0 Å². The van der Waals surface area contributed by atoms with E-state index in [0.717, 1.165) is 19.3 Å². The Labute approximate surface area is 101 Å². The maximum absolute atomic E-state index is 8.62. The first-order chi connectivity index (χ1) is 8.33. The Balaban J connectivity index is 2.86. The van der Waals surface area contributed by atoms with Gasteiger partial charge in [0.05, 0.1) is 0 Å². The molecule has 0 amide bonds. The van der Waals surface area contributed by atoms with E-state index < -0.39 is 0 Å². The normalized spacial score (nSPS) is 10.5. The second kappa shape index (κ2) is 7.47. The third-order valence-electron chi connectivity index (χ3n) is 2.23. The van der Waals surface area contributed by atoms with Crippen LogP contribution in [0.15, 0.2) is 17.5 Å². The molecular formula is C12H18N3O2+. The van der Waals surface area contributed by atoms with Crippen LogP contribution < -0.4 is 4.57 Å². The Kier molecular flexibility index (Phi) is 5.83. The van der Waals surface area contributed by atoms with Gasteiger partial charge in [-0.25, -0.2) is 4.57 Å². The van der Waals surface area contributed by atoms with Crippen molar-refractivity contribution in [3.63, 3.8) is 0 Å². The first-order valence-electron chi connectivity index (χ1n) is 5.59. The van der Waals surface area contributed by atoms with Gasteiger partial charge < -0.3 is 9.94 Å². The highest BCUT2D eigenvalue weighted by Crippen LogP contribution is 1.93. The minimum Gasteiger partial charge on any atom is -0.411 e. The minimum atomic E-state index is 0.394. The smallest absolute Gasteiger partial charge is 0.319 e. The fourth-order valence-corrected chi connectivity index (χ4v) is 1.38. The van der Waals surface area contributed by atoms with Gasteiger partial charge in [0.15, 0.2) is 12.9 Å². The van der Waals surface area contributed by atoms with Crippen molar-refractivity contribution in [3.8, 4) is 12.0 Å². The van der Waals surface area contributed by atoms with E-state index in [9.17, 15) is 0 Å². The van der Waals surface area contributed by atoms with Gasteiger partial charge in [-0.15, -0.1) is 4.57 Å². The van der Waals surface area contributed by atoms with Crippen molar-refractivity contribution < 1.29 is 14.5 Å². The molecule has 5 nitrogen and oxygen atoms in total. The van der Waals surface area contributed by atoms with E-state index in [4.69, 9.17) is 9.94 Å². The van der Waals surface area contributed by atoms with Crippen LogP contribution in [-0.4, -0.2) is 23.1 Å². The van der Waals surface area contributed by atoms with Crippen molar-refractivity contribution in [1.82, 2.24) is 4.57 Å². The topological polar surface area (TPSA) is 50.6 Å². The Bertz CT molecular complexity index is 427. The van der Waals surface area contributed by atoms with Crippen LogP contribution >= 0.6 is 0 Å². The molecule has 0 aliphatic heterocycles. The fraction of sp³-hybridized carbons (Fsp3) is 0.500. The third-order valence-corrected chi connectivity index (χ3v) is 2.23. The van der Waals surface area contributed by atoms with Crippen LogP contribution in [-0.2, 0) is 11.5 Å². The van der Waals surface area contributed by atoms with Crippen LogP contribution in [0.5, 0.6) is 0 Å². The lowest BCUT2D eigenvalue weighted by Crippen LogP contribution is -2.32. The molecule has 0 radical (unpaired) electrons. The number of oxime groups is 1. The SMILES string of the molecule is CCCCC#C[n+]1ccn(COC)c1C=NO. The summed E-state index contributed by atoms with van der Waals surface area (Å²) in [6.45, 7) is 2.53. The van der Waals surface area contributed by atoms with E-state index in [1.165, 1.54) is 6.21 Å². The summed E-state index contributed by atoms with van der Waals surface area (Å²) in [6, 6.07) is 3.00. The highest BCUT2D eigenvalue weighted by Gasteiger charge is 2.13. The Morgan fingerprint density at radius 3 is 3.12 bits per heavy atom. The van der Waals surface area contributed by atoms with E-state index in [1.807, 2.05) is 12.4 Å². The maximum Gasteiger partial charge on any atom is 0.319 e. The lowest BCUT2D eigenvalue weighted by atomic mass is 10.3. The molecule has 17 heavy (non-hydrogen) atoms. The molecule has 1 N–H and O–H groups in total. The molecule has 1 rings (SSSR count). The number of nitrogens with zero attached hydrogens (tertiary/aromatic N) is 3. The van der Waals surface area contributed by atoms with Crippen LogP contribution in [0.3, 0.4) is 0 Å². The van der Waals surface area contributed by atoms with Crippen molar-refractivity contribution in [2.45, 2.75) is 32.9 Å². The molecule has 5 heteroatoms. The third kappa shape index (κ3) is 3.93. The molecule has 0 unspecified atom stereocenters. The number of hydrogen-bond acceptors (Lipinski definition) is 3. The molecule has 0 atom stereocenters. The maximum atomic E-state index is 8.62. The first-order valence-corrected chi connectivity index (χ1v) is 5.59. The van der Waals surface area contributed by atoms with Crippen LogP contribution in [0.25, 0.3) is 0 Å². The van der Waals surface area contributed by atoms with Crippen molar-refractivity contribution in [2.75, 3.05) is 7.11 Å². The van der Waals surface area contributed by atoms with Gasteiger partial charge in [-0.2, -0.15) is 0 Å². The predicted molar refractivity (Wildman–Crippen MR) is 63.7 cm³/mol. The van der Waals surface area contributed by atoms with Gasteiger partial charge in [0, 0.05) is 13.5 Å². The molecule has 1 aromatic heterocycles. The van der Waals surface area contributed by atoms with Crippen LogP contribution in [0, 0.1) is 12.0 Å². The van der Waals surface area contributed by atoms with Gasteiger partial charge in [0.1, 0.15) is 18.4 Å². The van der Waals surface area contributed by atoms with Gasteiger partial charge in [0.2, 0.25) is 0 Å². The molecule has 0 bridgehead atoms. The average Bonchev–Trinajstić information content (AvgIpc) is 2.69. The molecule has 0 aliphatic rings. The Hall–Kier alpha value is -1.80. The van der Waals surface area contributed by atoms with E-state index in [-0.39, 0.29) is 0 Å². The van der Waals surface area contributed by atoms with Gasteiger partial charge in [0.25, 0.3) is 0 Å². The molecule has 0 fully saturated rings. The summed E-state index contributed by atoms with van der Waals surface area (Å²) >= 11 is 0. The molecule has 0 spiro atoms. The van der Waals surface area contributed by atoms with Gasteiger partial charge in [-0.05, 0) is 6.42 Å². The highest BCUT2D eigenvalue weighted by atomic mass is 16.5. The molecule has 1 aromatic rings. The summed E-state index contributed by atoms with van der Waals surface area (Å²) in [5, 5.41) is 11.7. The fourth-order valence-electron chi connectivity index (χ4n) is 1.38. The average molecular weight is 236 g/mol. The van der Waals surface area contributed by atoms with Crippen molar-refractivity contribution in [3.05, 3.63) is 18.2 Å². The molecule has 0 saturated heterocycles. The summed E-state index contributed by atoms with van der Waals surface area (Å²) in [6.07, 6.45) is 8.08. The zero-order valence-corrected chi connectivity index (χ0v) is 10.3. The van der Waals surface area contributed by atoms with Crippen molar-refractivity contribution in [1.29, 1.82) is 0 Å². The number of unbranched alkanes of at least 4 members (excludes halogenated alkanes) is 2. The largest absolute Gasteiger partial charge is 0.411 e. The van der Waals surface area contributed by atoms with Gasteiger partial charge in [-0.1, -0.05) is 24.4 Å². The number of aromatic nitrogens is 2. The monoisotopic (exact) mass is 236 g/mol. The van der Waals surface area contributed by atoms with Crippen molar-refractivity contribution in [2.24, 2.45) is 5.16 Å². The number of methoxy groups -OCH3 is 1. The molecular weight excluding hydrogens is 218 g/mol. The lowest BCUT2D eigenvalue weighted by molar-refractivity contribution is -0.584. The molecule has 0 aliphatic carbocycles. The van der Waals surface area contributed by atoms with E-state index >= 15 is 0 Å². The predicted octanol–water partition coefficient (Wildman–Crippen LogP) is 1.19. The number of ether oxygens (including phenoxy) is 1. The minimum absolute atomic E-state index is 0.394. The van der Waals surface area contributed by atoms with Crippen LogP contribution in [0.1, 0.15) is 32.0 Å². The summed E-state index contributed by atoms with van der Waals surface area (Å²) < 4.78 is 8.55. The number of hydrogen-bond donors (Lipinski definition) is 1. The standard InChI is InChI=1S/C12H17N3O2/c1-3-4-5-6-7-14-8-9-15(11-17-2)12(14)10-13-16/h8-10H,3-5,11H2,1-2H3/p+1. The van der Waals surface area contributed by atoms with E-state index in [1.54, 1.807) is 16.2 Å². The lowest BCUT2D eigenvalue weighted by Gasteiger charge is -1.94. The highest BCUT2D eigenvalue weighted by molar-refractivity contribution is 5.72. The van der Waals surface area contributed by atoms with Crippen molar-refractivity contribution >= 4 is 6.21 Å². The first kappa shape index (κ1) is 13.3.